The molecule has 0 unspecified atom stereocenters. The van der Waals surface area contributed by atoms with Gasteiger partial charge in [-0.15, -0.1) is 0 Å². The van der Waals surface area contributed by atoms with Crippen molar-refractivity contribution in [3.8, 4) is 17.2 Å². The molecule has 0 aliphatic carbocycles. The van der Waals surface area contributed by atoms with Gasteiger partial charge >= 0.3 is 0 Å². The van der Waals surface area contributed by atoms with Crippen LogP contribution in [-0.2, 0) is 6.42 Å². The van der Waals surface area contributed by atoms with Crippen LogP contribution in [0.1, 0.15) is 16.7 Å². The van der Waals surface area contributed by atoms with E-state index in [1.165, 1.54) is 18.4 Å². The fraction of sp³-hybridized carbons (Fsp3) is 0.118. The minimum absolute atomic E-state index is 0.0616. The number of benzene rings is 2. The van der Waals surface area contributed by atoms with Crippen molar-refractivity contribution >= 4 is 11.0 Å². The lowest BCUT2D eigenvalue weighted by molar-refractivity contribution is 0.448. The summed E-state index contributed by atoms with van der Waals surface area (Å²) >= 11 is 0. The van der Waals surface area contributed by atoms with Gasteiger partial charge in [0.05, 0.1) is 6.26 Å². The topological polar surface area (TPSA) is 90.9 Å². The van der Waals surface area contributed by atoms with E-state index >= 15 is 0 Å². The van der Waals surface area contributed by atoms with Crippen molar-refractivity contribution in [2.24, 2.45) is 0 Å². The Balaban J connectivity index is 2.15. The Hall–Kier alpha value is -2.95. The molecule has 112 valence electrons. The molecule has 5 nitrogen and oxygen atoms in total. The van der Waals surface area contributed by atoms with Gasteiger partial charge in [0.25, 0.3) is 0 Å². The zero-order chi connectivity index (χ0) is 15.9. The van der Waals surface area contributed by atoms with E-state index in [1.807, 2.05) is 0 Å². The fourth-order valence-corrected chi connectivity index (χ4v) is 2.40. The molecule has 0 spiro atoms. The third-order valence-corrected chi connectivity index (χ3v) is 3.65. The maximum atomic E-state index is 12.5. The Labute approximate surface area is 125 Å². The first kappa shape index (κ1) is 14.0. The van der Waals surface area contributed by atoms with Gasteiger partial charge in [-0.3, -0.25) is 4.79 Å². The number of hydrogen-bond acceptors (Lipinski definition) is 5. The monoisotopic (exact) mass is 298 g/mol. The van der Waals surface area contributed by atoms with Crippen LogP contribution in [0.15, 0.2) is 45.8 Å². The van der Waals surface area contributed by atoms with Gasteiger partial charge in [0.15, 0.2) is 5.43 Å². The van der Waals surface area contributed by atoms with Gasteiger partial charge < -0.3 is 19.7 Å². The van der Waals surface area contributed by atoms with Crippen LogP contribution in [0.4, 0.5) is 0 Å². The van der Waals surface area contributed by atoms with Crippen molar-refractivity contribution in [1.29, 1.82) is 0 Å². The molecule has 3 rings (SSSR count). The SMILES string of the molecule is Cc1c(O)cc(O)c2c(=O)c(Cc3ccc(O)cc3)coc12. The molecule has 0 fully saturated rings. The highest BCUT2D eigenvalue weighted by molar-refractivity contribution is 5.88. The zero-order valence-corrected chi connectivity index (χ0v) is 11.8. The predicted molar refractivity (Wildman–Crippen MR) is 81.5 cm³/mol. The maximum Gasteiger partial charge on any atom is 0.199 e. The maximum absolute atomic E-state index is 12.5. The second-order valence-electron chi connectivity index (χ2n) is 5.18. The van der Waals surface area contributed by atoms with E-state index in [4.69, 9.17) is 4.42 Å². The Morgan fingerprint density at radius 3 is 2.41 bits per heavy atom. The van der Waals surface area contributed by atoms with Crippen molar-refractivity contribution in [1.82, 2.24) is 0 Å². The molecule has 1 heterocycles. The van der Waals surface area contributed by atoms with E-state index in [0.29, 0.717) is 17.5 Å². The van der Waals surface area contributed by atoms with E-state index in [1.54, 1.807) is 19.1 Å². The first-order chi connectivity index (χ1) is 10.5. The summed E-state index contributed by atoms with van der Waals surface area (Å²) in [5.41, 5.74) is 1.46. The van der Waals surface area contributed by atoms with Crippen molar-refractivity contribution < 1.29 is 19.7 Å². The third-order valence-electron chi connectivity index (χ3n) is 3.65. The van der Waals surface area contributed by atoms with Crippen LogP contribution in [0.25, 0.3) is 11.0 Å². The molecular weight excluding hydrogens is 284 g/mol. The predicted octanol–water partition coefficient (Wildman–Crippen LogP) is 2.81. The van der Waals surface area contributed by atoms with E-state index in [-0.39, 0.29) is 33.6 Å². The van der Waals surface area contributed by atoms with Crippen molar-refractivity contribution in [2.75, 3.05) is 0 Å². The van der Waals surface area contributed by atoms with Crippen LogP contribution in [0.5, 0.6) is 17.2 Å². The van der Waals surface area contributed by atoms with E-state index in [0.717, 1.165) is 11.6 Å². The number of phenols is 3. The Kier molecular flexibility index (Phi) is 3.25. The van der Waals surface area contributed by atoms with Crippen LogP contribution in [0, 0.1) is 6.92 Å². The van der Waals surface area contributed by atoms with Crippen molar-refractivity contribution in [2.45, 2.75) is 13.3 Å². The molecule has 0 amide bonds. The van der Waals surface area contributed by atoms with Crippen LogP contribution in [-0.4, -0.2) is 15.3 Å². The molecule has 5 heteroatoms. The van der Waals surface area contributed by atoms with E-state index in [9.17, 15) is 20.1 Å². The fourth-order valence-electron chi connectivity index (χ4n) is 2.40. The summed E-state index contributed by atoms with van der Waals surface area (Å²) < 4.78 is 5.44. The molecule has 3 N–H and O–H groups in total. The van der Waals surface area contributed by atoms with Gasteiger partial charge in [-0.1, -0.05) is 12.1 Å². The standard InChI is InChI=1S/C17H14O5/c1-9-13(19)7-14(20)15-16(21)11(8-22-17(9)15)6-10-2-4-12(18)5-3-10/h2-5,7-8,18-20H,6H2,1H3. The second kappa shape index (κ2) is 5.11. The lowest BCUT2D eigenvalue weighted by Gasteiger charge is -2.08. The summed E-state index contributed by atoms with van der Waals surface area (Å²) in [5, 5.41) is 28.9. The molecule has 0 saturated carbocycles. The summed E-state index contributed by atoms with van der Waals surface area (Å²) in [5.74, 6) is -0.281. The van der Waals surface area contributed by atoms with Crippen LogP contribution in [0.3, 0.4) is 0 Å². The van der Waals surface area contributed by atoms with Crippen molar-refractivity contribution in [3.05, 3.63) is 63.5 Å². The largest absolute Gasteiger partial charge is 0.508 e. The Morgan fingerprint density at radius 2 is 1.73 bits per heavy atom. The molecule has 0 aliphatic heterocycles. The van der Waals surface area contributed by atoms with E-state index in [2.05, 4.69) is 0 Å². The summed E-state index contributed by atoms with van der Waals surface area (Å²) in [6.07, 6.45) is 1.65. The number of hydrogen-bond donors (Lipinski definition) is 3. The minimum Gasteiger partial charge on any atom is -0.508 e. The number of phenolic OH excluding ortho intramolecular Hbond substituents is 3. The average molecular weight is 298 g/mol. The smallest absolute Gasteiger partial charge is 0.199 e. The lowest BCUT2D eigenvalue weighted by Crippen LogP contribution is -2.10. The summed E-state index contributed by atoms with van der Waals surface area (Å²) in [7, 11) is 0. The molecule has 3 aromatic rings. The number of rotatable bonds is 2. The first-order valence-corrected chi connectivity index (χ1v) is 6.71. The summed E-state index contributed by atoms with van der Waals surface area (Å²) in [6, 6.07) is 7.63. The zero-order valence-electron chi connectivity index (χ0n) is 11.8. The van der Waals surface area contributed by atoms with Crippen molar-refractivity contribution in [3.63, 3.8) is 0 Å². The quantitative estimate of drug-likeness (QED) is 0.676. The van der Waals surface area contributed by atoms with Gasteiger partial charge in [-0.25, -0.2) is 0 Å². The number of aromatic hydroxyl groups is 3. The number of aryl methyl sites for hydroxylation is 1. The van der Waals surface area contributed by atoms with Gasteiger partial charge in [-0.2, -0.15) is 0 Å². The van der Waals surface area contributed by atoms with Crippen LogP contribution in [0.2, 0.25) is 0 Å². The molecule has 0 atom stereocenters. The Morgan fingerprint density at radius 1 is 1.05 bits per heavy atom. The molecule has 0 saturated heterocycles. The minimum atomic E-state index is -0.338. The highest BCUT2D eigenvalue weighted by Gasteiger charge is 2.16. The molecule has 0 bridgehead atoms. The van der Waals surface area contributed by atoms with Gasteiger partial charge in [-0.05, 0) is 24.6 Å². The van der Waals surface area contributed by atoms with Crippen LogP contribution < -0.4 is 5.43 Å². The molecule has 2 aromatic carbocycles. The second-order valence-corrected chi connectivity index (χ2v) is 5.18. The molecule has 0 aliphatic rings. The molecule has 0 radical (unpaired) electrons. The van der Waals surface area contributed by atoms with E-state index < -0.39 is 0 Å². The molecule has 1 aromatic heterocycles. The number of fused-ring (bicyclic) bond motifs is 1. The summed E-state index contributed by atoms with van der Waals surface area (Å²) in [6.45, 7) is 1.61. The van der Waals surface area contributed by atoms with Gasteiger partial charge in [0, 0.05) is 23.6 Å². The first-order valence-electron chi connectivity index (χ1n) is 6.71. The molecule has 22 heavy (non-hydrogen) atoms. The highest BCUT2D eigenvalue weighted by atomic mass is 16.3. The average Bonchev–Trinajstić information content (AvgIpc) is 2.49. The van der Waals surface area contributed by atoms with Gasteiger partial charge in [0.2, 0.25) is 0 Å². The highest BCUT2D eigenvalue weighted by Crippen LogP contribution is 2.32. The van der Waals surface area contributed by atoms with Gasteiger partial charge in [0.1, 0.15) is 28.2 Å². The Bertz CT molecular complexity index is 907. The summed E-state index contributed by atoms with van der Waals surface area (Å²) in [4.78, 5) is 12.5. The molecular formula is C17H14O5. The normalized spacial score (nSPS) is 11.0. The third kappa shape index (κ3) is 2.26. The van der Waals surface area contributed by atoms with Crippen LogP contribution >= 0.6 is 0 Å². The lowest BCUT2D eigenvalue weighted by atomic mass is 10.0.